The lowest BCUT2D eigenvalue weighted by Gasteiger charge is -2.17. The van der Waals surface area contributed by atoms with Crippen molar-refractivity contribution < 1.29 is 14.3 Å². The number of benzene rings is 2. The van der Waals surface area contributed by atoms with Crippen molar-refractivity contribution in [2.75, 3.05) is 32.6 Å². The summed E-state index contributed by atoms with van der Waals surface area (Å²) >= 11 is 0. The predicted molar refractivity (Wildman–Crippen MR) is 107 cm³/mol. The molecule has 27 heavy (non-hydrogen) atoms. The summed E-state index contributed by atoms with van der Waals surface area (Å²) in [5.74, 6) is 0.511. The molecule has 0 radical (unpaired) electrons. The molecule has 0 fully saturated rings. The van der Waals surface area contributed by atoms with Gasteiger partial charge in [-0.1, -0.05) is 37.3 Å². The summed E-state index contributed by atoms with van der Waals surface area (Å²) in [5, 5.41) is 5.77. The molecule has 2 rings (SSSR count). The first-order chi connectivity index (χ1) is 13.0. The van der Waals surface area contributed by atoms with E-state index in [1.54, 1.807) is 19.1 Å². The van der Waals surface area contributed by atoms with Gasteiger partial charge in [0.2, 0.25) is 11.8 Å². The SMILES string of the molecule is CCc1ccccc1NC(=O)CN(C)CC(=O)NCc1ccc(OC)cc1. The average Bonchev–Trinajstić information content (AvgIpc) is 2.67. The van der Waals surface area contributed by atoms with E-state index in [2.05, 4.69) is 10.6 Å². The van der Waals surface area contributed by atoms with Gasteiger partial charge < -0.3 is 15.4 Å². The molecule has 2 amide bonds. The van der Waals surface area contributed by atoms with Gasteiger partial charge in [0.15, 0.2) is 0 Å². The lowest BCUT2D eigenvalue weighted by molar-refractivity contribution is -0.123. The van der Waals surface area contributed by atoms with Crippen LogP contribution >= 0.6 is 0 Å². The molecule has 0 aliphatic carbocycles. The van der Waals surface area contributed by atoms with E-state index in [9.17, 15) is 9.59 Å². The van der Waals surface area contributed by atoms with Gasteiger partial charge >= 0.3 is 0 Å². The molecule has 6 heteroatoms. The van der Waals surface area contributed by atoms with Gasteiger partial charge in [-0.25, -0.2) is 0 Å². The second-order valence-corrected chi connectivity index (χ2v) is 6.36. The molecule has 0 bridgehead atoms. The van der Waals surface area contributed by atoms with Crippen LogP contribution < -0.4 is 15.4 Å². The Kier molecular flexibility index (Phi) is 7.82. The molecule has 0 unspecified atom stereocenters. The number of amides is 2. The average molecular weight is 369 g/mol. The molecule has 2 N–H and O–H groups in total. The number of hydrogen-bond acceptors (Lipinski definition) is 4. The van der Waals surface area contributed by atoms with E-state index in [-0.39, 0.29) is 24.9 Å². The van der Waals surface area contributed by atoms with Crippen molar-refractivity contribution in [1.82, 2.24) is 10.2 Å². The second kappa shape index (κ2) is 10.3. The highest BCUT2D eigenvalue weighted by molar-refractivity contribution is 5.93. The third-order valence-electron chi connectivity index (χ3n) is 4.15. The molecule has 0 saturated carbocycles. The Morgan fingerprint density at radius 2 is 1.67 bits per heavy atom. The fourth-order valence-corrected chi connectivity index (χ4v) is 2.69. The summed E-state index contributed by atoms with van der Waals surface area (Å²) in [5.41, 5.74) is 2.90. The summed E-state index contributed by atoms with van der Waals surface area (Å²) in [6.45, 7) is 2.78. The van der Waals surface area contributed by atoms with Crippen LogP contribution in [0.2, 0.25) is 0 Å². The molecular weight excluding hydrogens is 342 g/mol. The normalized spacial score (nSPS) is 10.5. The first-order valence-corrected chi connectivity index (χ1v) is 8.97. The Balaban J connectivity index is 1.75. The number of ether oxygens (including phenoxy) is 1. The zero-order valence-corrected chi connectivity index (χ0v) is 16.1. The second-order valence-electron chi connectivity index (χ2n) is 6.36. The van der Waals surface area contributed by atoms with Crippen LogP contribution in [-0.2, 0) is 22.6 Å². The minimum Gasteiger partial charge on any atom is -0.497 e. The van der Waals surface area contributed by atoms with E-state index in [1.165, 1.54) is 0 Å². The number of aryl methyl sites for hydroxylation is 1. The number of para-hydroxylation sites is 1. The number of hydrogen-bond donors (Lipinski definition) is 2. The maximum atomic E-state index is 12.2. The van der Waals surface area contributed by atoms with E-state index in [1.807, 2.05) is 55.5 Å². The molecule has 0 saturated heterocycles. The van der Waals surface area contributed by atoms with E-state index < -0.39 is 0 Å². The molecule has 0 heterocycles. The van der Waals surface area contributed by atoms with Gasteiger partial charge in [-0.15, -0.1) is 0 Å². The fourth-order valence-electron chi connectivity index (χ4n) is 2.69. The van der Waals surface area contributed by atoms with Crippen LogP contribution in [0.5, 0.6) is 5.75 Å². The standard InChI is InChI=1S/C21H27N3O3/c1-4-17-7-5-6-8-19(17)23-21(26)15-24(2)14-20(25)22-13-16-9-11-18(27-3)12-10-16/h5-12H,4,13-15H2,1-3H3,(H,22,25)(H,23,26). The number of likely N-dealkylation sites (N-methyl/N-ethyl adjacent to an activating group) is 1. The maximum Gasteiger partial charge on any atom is 0.238 e. The molecule has 6 nitrogen and oxygen atoms in total. The van der Waals surface area contributed by atoms with Gasteiger partial charge in [0.1, 0.15) is 5.75 Å². The highest BCUT2D eigenvalue weighted by atomic mass is 16.5. The summed E-state index contributed by atoms with van der Waals surface area (Å²) in [6.07, 6.45) is 0.847. The van der Waals surface area contributed by atoms with Crippen molar-refractivity contribution in [2.24, 2.45) is 0 Å². The summed E-state index contributed by atoms with van der Waals surface area (Å²) in [4.78, 5) is 26.0. The Morgan fingerprint density at radius 3 is 2.33 bits per heavy atom. The number of anilines is 1. The van der Waals surface area contributed by atoms with Crippen molar-refractivity contribution in [1.29, 1.82) is 0 Å². The molecule has 0 aliphatic rings. The third kappa shape index (κ3) is 6.75. The number of nitrogens with one attached hydrogen (secondary N) is 2. The van der Waals surface area contributed by atoms with Crippen LogP contribution in [0.25, 0.3) is 0 Å². The first kappa shape index (κ1) is 20.5. The maximum absolute atomic E-state index is 12.2. The zero-order valence-electron chi connectivity index (χ0n) is 16.1. The molecule has 144 valence electrons. The predicted octanol–water partition coefficient (Wildman–Crippen LogP) is 2.44. The molecule has 0 atom stereocenters. The molecule has 0 aliphatic heterocycles. The van der Waals surface area contributed by atoms with Crippen LogP contribution in [-0.4, -0.2) is 44.0 Å². The van der Waals surface area contributed by atoms with Gasteiger partial charge in [-0.2, -0.15) is 0 Å². The quantitative estimate of drug-likeness (QED) is 0.712. The highest BCUT2D eigenvalue weighted by Gasteiger charge is 2.12. The largest absolute Gasteiger partial charge is 0.497 e. The Labute approximate surface area is 160 Å². The van der Waals surface area contributed by atoms with Gasteiger partial charge in [0.05, 0.1) is 20.2 Å². The third-order valence-corrected chi connectivity index (χ3v) is 4.15. The van der Waals surface area contributed by atoms with Crippen molar-refractivity contribution in [3.63, 3.8) is 0 Å². The smallest absolute Gasteiger partial charge is 0.238 e. The number of carbonyl (C=O) groups excluding carboxylic acids is 2. The first-order valence-electron chi connectivity index (χ1n) is 8.97. The van der Waals surface area contributed by atoms with Crippen LogP contribution in [0.1, 0.15) is 18.1 Å². The van der Waals surface area contributed by atoms with Gasteiger partial charge in [-0.3, -0.25) is 14.5 Å². The van der Waals surface area contributed by atoms with Crippen LogP contribution in [0.15, 0.2) is 48.5 Å². The summed E-state index contributed by atoms with van der Waals surface area (Å²) < 4.78 is 5.11. The van der Waals surface area contributed by atoms with E-state index >= 15 is 0 Å². The molecule has 0 aromatic heterocycles. The lowest BCUT2D eigenvalue weighted by atomic mass is 10.1. The van der Waals surface area contributed by atoms with Gasteiger partial charge in [-0.05, 0) is 42.8 Å². The number of carbonyl (C=O) groups is 2. The Hall–Kier alpha value is -2.86. The van der Waals surface area contributed by atoms with Crippen molar-refractivity contribution in [3.05, 3.63) is 59.7 Å². The Morgan fingerprint density at radius 1 is 1.00 bits per heavy atom. The monoisotopic (exact) mass is 369 g/mol. The molecule has 2 aromatic rings. The lowest BCUT2D eigenvalue weighted by Crippen LogP contribution is -2.38. The van der Waals surface area contributed by atoms with E-state index in [0.717, 1.165) is 29.0 Å². The number of nitrogens with zero attached hydrogens (tertiary/aromatic N) is 1. The van der Waals surface area contributed by atoms with Crippen molar-refractivity contribution in [3.8, 4) is 5.75 Å². The summed E-state index contributed by atoms with van der Waals surface area (Å²) in [7, 11) is 3.36. The van der Waals surface area contributed by atoms with Crippen molar-refractivity contribution in [2.45, 2.75) is 19.9 Å². The molecular formula is C21H27N3O3. The molecule has 2 aromatic carbocycles. The zero-order chi connectivity index (χ0) is 19.6. The molecule has 0 spiro atoms. The van der Waals surface area contributed by atoms with E-state index in [0.29, 0.717) is 6.54 Å². The number of methoxy groups -OCH3 is 1. The fraction of sp³-hybridized carbons (Fsp3) is 0.333. The van der Waals surface area contributed by atoms with Crippen LogP contribution in [0.4, 0.5) is 5.69 Å². The topological polar surface area (TPSA) is 70.7 Å². The van der Waals surface area contributed by atoms with Gasteiger partial charge in [0, 0.05) is 12.2 Å². The van der Waals surface area contributed by atoms with Crippen LogP contribution in [0, 0.1) is 0 Å². The minimum atomic E-state index is -0.138. The van der Waals surface area contributed by atoms with E-state index in [4.69, 9.17) is 4.74 Å². The number of rotatable bonds is 9. The minimum absolute atomic E-state index is 0.130. The van der Waals surface area contributed by atoms with Crippen LogP contribution in [0.3, 0.4) is 0 Å². The van der Waals surface area contributed by atoms with Gasteiger partial charge in [0.25, 0.3) is 0 Å². The summed E-state index contributed by atoms with van der Waals surface area (Å²) in [6, 6.07) is 15.2. The highest BCUT2D eigenvalue weighted by Crippen LogP contribution is 2.15. The Bertz CT molecular complexity index is 760. The van der Waals surface area contributed by atoms with Crippen molar-refractivity contribution >= 4 is 17.5 Å².